The van der Waals surface area contributed by atoms with Crippen molar-refractivity contribution in [3.63, 3.8) is 0 Å². The van der Waals surface area contributed by atoms with Crippen molar-refractivity contribution in [2.24, 2.45) is 0 Å². The van der Waals surface area contributed by atoms with E-state index in [-0.39, 0.29) is 47.6 Å². The number of aliphatic hydroxyl groups is 7. The summed E-state index contributed by atoms with van der Waals surface area (Å²) in [6, 6.07) is 110. The summed E-state index contributed by atoms with van der Waals surface area (Å²) in [5.41, 5.74) is -0.641. The van der Waals surface area contributed by atoms with Gasteiger partial charge < -0.3 is 44.8 Å². The standard InChI is InChI=1S/C16H19OP.C15H17OP.2C14H15O2P.C14H15OP.C6H8OS.C5H6OS/c1-16(2,17)13-18(14-9-5-3-6-10-14)15-11-7-4-8-12-15;16-12-7-13-17(14-8-3-1-4-9-14)15-10-5-2-6-11-15;15-11-12-17(16,13-7-3-1-4-8-13)14-9-5-2-6-10-14;15-11-12-16-17(13-7-3-1-4-8-13)14-9-5-2-6-10-14;15-11-12-16(13-7-3-1-4-8-13)14-9-5-2-6-10-14;7-4-3-6-2-1-5-8-6;6-4-5-2-1-3-7-5/h3-12,17H,13H2,1-2H3;1-6,8-11,16H,7,12-13H2;2*1-10,15H,11-12H2;1-10,15H,11-12H2;1-2,5,7H,3-4H2;1-3,6H,4H2. The summed E-state index contributed by atoms with van der Waals surface area (Å²) in [7, 11) is -4.70. The molecule has 12 rings (SSSR count). The predicted molar refractivity (Wildman–Crippen MR) is 436 cm³/mol. The zero-order valence-corrected chi connectivity index (χ0v) is 63.1. The van der Waals surface area contributed by atoms with Gasteiger partial charge >= 0.3 is 0 Å². The van der Waals surface area contributed by atoms with Crippen LogP contribution >= 0.6 is 61.7 Å². The molecule has 0 aliphatic carbocycles. The van der Waals surface area contributed by atoms with E-state index in [0.29, 0.717) is 12.8 Å². The Balaban J connectivity index is 0.000000187. The third-order valence-electron chi connectivity index (χ3n) is 14.5. The van der Waals surface area contributed by atoms with Crippen molar-refractivity contribution in [1.29, 1.82) is 0 Å². The first-order chi connectivity index (χ1) is 48.9. The van der Waals surface area contributed by atoms with Crippen molar-refractivity contribution in [1.82, 2.24) is 0 Å². The van der Waals surface area contributed by atoms with Gasteiger partial charge in [0.05, 0.1) is 40.2 Å². The molecule has 0 radical (unpaired) electrons. The highest BCUT2D eigenvalue weighted by Crippen LogP contribution is 2.43. The highest BCUT2D eigenvalue weighted by Gasteiger charge is 2.26. The average Bonchev–Trinajstić information content (AvgIpc) is 0.957. The van der Waals surface area contributed by atoms with Gasteiger partial charge in [-0.3, -0.25) is 0 Å². The molecule has 2 heterocycles. The number of benzene rings is 10. The first-order valence-corrected chi connectivity index (χ1v) is 42.7. The summed E-state index contributed by atoms with van der Waals surface area (Å²) in [5.74, 6) is 0. The number of rotatable bonds is 25. The van der Waals surface area contributed by atoms with E-state index in [1.54, 1.807) is 22.7 Å². The van der Waals surface area contributed by atoms with Crippen LogP contribution in [0.4, 0.5) is 0 Å². The summed E-state index contributed by atoms with van der Waals surface area (Å²) in [6.45, 7) is 5.09. The van der Waals surface area contributed by atoms with Gasteiger partial charge in [0.1, 0.15) is 7.14 Å². The van der Waals surface area contributed by atoms with E-state index in [2.05, 4.69) is 170 Å². The Morgan fingerprint density at radius 1 is 0.350 bits per heavy atom. The molecule has 0 aliphatic rings. The van der Waals surface area contributed by atoms with Crippen molar-refractivity contribution in [3.8, 4) is 0 Å². The van der Waals surface area contributed by atoms with Gasteiger partial charge in [0.2, 0.25) is 0 Å². The SMILES string of the molecule is CC(C)(O)CP(c1ccccc1)c1ccccc1.O=P(CCO)(c1ccccc1)c1ccccc1.OCCCP(c1ccccc1)c1ccccc1.OCCOP(c1ccccc1)c1ccccc1.OCCP(c1ccccc1)c1ccccc1.OCCc1cccs1.OCc1cccs1. The largest absolute Gasteiger partial charge is 0.396 e. The fraction of sp³-hybridized carbons (Fsp3) is 0.190. The van der Waals surface area contributed by atoms with Crippen molar-refractivity contribution in [3.05, 3.63) is 348 Å². The second-order valence-electron chi connectivity index (χ2n) is 22.7. The predicted octanol–water partition coefficient (Wildman–Crippen LogP) is 14.1. The van der Waals surface area contributed by atoms with Gasteiger partial charge in [-0.2, -0.15) is 0 Å². The Kier molecular flexibility index (Phi) is 40.2. The molecular formula is C84H95O9P5S2. The molecule has 7 N–H and O–H groups in total. The zero-order chi connectivity index (χ0) is 71.1. The highest BCUT2D eigenvalue weighted by atomic mass is 32.1. The summed E-state index contributed by atoms with van der Waals surface area (Å²) >= 11 is 3.26. The molecule has 10 aromatic carbocycles. The van der Waals surface area contributed by atoms with Gasteiger partial charge in [0, 0.05) is 69.5 Å². The third kappa shape index (κ3) is 30.4. The molecule has 0 atom stereocenters. The Morgan fingerprint density at radius 3 is 0.940 bits per heavy atom. The molecule has 0 aliphatic heterocycles. The van der Waals surface area contributed by atoms with E-state index in [4.69, 9.17) is 30.1 Å². The van der Waals surface area contributed by atoms with Crippen LogP contribution in [0.1, 0.15) is 30.0 Å². The van der Waals surface area contributed by atoms with E-state index in [1.165, 1.54) is 47.3 Å². The first-order valence-electron chi connectivity index (χ1n) is 33.2. The highest BCUT2D eigenvalue weighted by molar-refractivity contribution is 7.78. The molecule has 0 bridgehead atoms. The van der Waals surface area contributed by atoms with Gasteiger partial charge in [-0.25, -0.2) is 0 Å². The van der Waals surface area contributed by atoms with Gasteiger partial charge in [-0.15, -0.1) is 22.7 Å². The zero-order valence-electron chi connectivity index (χ0n) is 57.0. The maximum atomic E-state index is 13.1. The molecule has 12 aromatic rings. The lowest BCUT2D eigenvalue weighted by atomic mass is 10.2. The maximum Gasteiger partial charge on any atom is 0.145 e. The van der Waals surface area contributed by atoms with Crippen molar-refractivity contribution in [2.45, 2.75) is 38.9 Å². The Hall–Kier alpha value is -6.77. The molecule has 0 saturated carbocycles. The van der Waals surface area contributed by atoms with Gasteiger partial charge in [0.25, 0.3) is 0 Å². The van der Waals surface area contributed by atoms with E-state index in [9.17, 15) is 14.8 Å². The van der Waals surface area contributed by atoms with Crippen LogP contribution in [0.2, 0.25) is 0 Å². The van der Waals surface area contributed by atoms with Crippen molar-refractivity contribution in [2.75, 3.05) is 64.3 Å². The van der Waals surface area contributed by atoms with Crippen LogP contribution in [-0.2, 0) is 22.1 Å². The average molecular weight is 1470 g/mol. The molecule has 0 spiro atoms. The molecule has 100 heavy (non-hydrogen) atoms. The van der Waals surface area contributed by atoms with Gasteiger partial charge in [-0.1, -0.05) is 315 Å². The normalized spacial score (nSPS) is 10.8. The fourth-order valence-electron chi connectivity index (χ4n) is 9.92. The smallest absolute Gasteiger partial charge is 0.145 e. The summed E-state index contributed by atoms with van der Waals surface area (Å²) < 4.78 is 18.8. The summed E-state index contributed by atoms with van der Waals surface area (Å²) in [5, 5.41) is 79.3. The molecular weight excluding hydrogens is 1370 g/mol. The monoisotopic (exact) mass is 1470 g/mol. The van der Waals surface area contributed by atoms with Gasteiger partial charge in [-0.05, 0) is 111 Å². The van der Waals surface area contributed by atoms with E-state index in [0.717, 1.165) is 46.8 Å². The molecule has 0 saturated heterocycles. The minimum Gasteiger partial charge on any atom is -0.396 e. The number of thiophene rings is 2. The Labute approximate surface area is 606 Å². The Morgan fingerprint density at radius 2 is 0.670 bits per heavy atom. The molecule has 0 fully saturated rings. The van der Waals surface area contributed by atoms with Crippen LogP contribution in [-0.4, -0.2) is 106 Å². The number of hydrogen-bond acceptors (Lipinski definition) is 11. The van der Waals surface area contributed by atoms with Crippen molar-refractivity contribution >= 4 is 115 Å². The number of aliphatic hydroxyl groups excluding tert-OH is 6. The lowest BCUT2D eigenvalue weighted by molar-refractivity contribution is 0.106. The van der Waals surface area contributed by atoms with Crippen LogP contribution in [0.15, 0.2) is 338 Å². The summed E-state index contributed by atoms with van der Waals surface area (Å²) in [4.78, 5) is 2.28. The maximum absolute atomic E-state index is 13.1. The van der Waals surface area contributed by atoms with E-state index >= 15 is 0 Å². The van der Waals surface area contributed by atoms with Crippen LogP contribution < -0.4 is 53.0 Å². The van der Waals surface area contributed by atoms with Crippen LogP contribution in [0.5, 0.6) is 0 Å². The minimum atomic E-state index is -2.67. The first kappa shape index (κ1) is 82.2. The van der Waals surface area contributed by atoms with Gasteiger partial charge in [0.15, 0.2) is 0 Å². The molecule has 16 heteroatoms. The fourth-order valence-corrected chi connectivity index (χ4v) is 22.2. The topological polar surface area (TPSA) is 168 Å². The molecule has 2 aromatic heterocycles. The molecule has 0 amide bonds. The summed E-state index contributed by atoms with van der Waals surface area (Å²) in [6.07, 6.45) is 4.65. The molecule has 522 valence electrons. The lowest BCUT2D eigenvalue weighted by Gasteiger charge is -2.26. The van der Waals surface area contributed by atoms with Crippen LogP contribution in [0.25, 0.3) is 0 Å². The van der Waals surface area contributed by atoms with Crippen molar-refractivity contribution < 1.29 is 44.8 Å². The van der Waals surface area contributed by atoms with E-state index in [1.807, 2.05) is 182 Å². The molecule has 0 unspecified atom stereocenters. The quantitative estimate of drug-likeness (QED) is 0.0276. The third-order valence-corrected chi connectivity index (χ3v) is 29.4. The minimum absolute atomic E-state index is 0.0541. The second kappa shape index (κ2) is 48.9. The lowest BCUT2D eigenvalue weighted by Crippen LogP contribution is -2.28. The van der Waals surface area contributed by atoms with E-state index < -0.39 is 36.7 Å². The Bertz CT molecular complexity index is 3650. The second-order valence-corrected chi connectivity index (χ2v) is 36.5. The molecule has 9 nitrogen and oxygen atoms in total. The van der Waals surface area contributed by atoms with Crippen LogP contribution in [0, 0.1) is 0 Å². The van der Waals surface area contributed by atoms with Crippen LogP contribution in [0.3, 0.4) is 0 Å². The number of hydrogen-bond donors (Lipinski definition) is 7.